The molecule has 16 heavy (non-hydrogen) atoms. The van der Waals surface area contributed by atoms with Crippen molar-refractivity contribution in [2.45, 2.75) is 57.5 Å². The van der Waals surface area contributed by atoms with Crippen molar-refractivity contribution in [3.05, 3.63) is 0 Å². The molecular weight excluding hydrogens is 202 g/mol. The molecule has 4 nitrogen and oxygen atoms in total. The van der Waals surface area contributed by atoms with Crippen molar-refractivity contribution in [3.8, 4) is 0 Å². The van der Waals surface area contributed by atoms with Crippen LogP contribution in [-0.2, 0) is 4.79 Å². The molecule has 94 valence electrons. The zero-order valence-corrected chi connectivity index (χ0v) is 10.3. The van der Waals surface area contributed by atoms with E-state index in [1.54, 1.807) is 0 Å². The average molecular weight is 227 g/mol. The minimum absolute atomic E-state index is 0.130. The highest BCUT2D eigenvalue weighted by atomic mass is 16.1. The molecule has 0 aromatic heterocycles. The highest BCUT2D eigenvalue weighted by Gasteiger charge is 2.26. The summed E-state index contributed by atoms with van der Waals surface area (Å²) in [6.07, 6.45) is 6.81. The van der Waals surface area contributed by atoms with Crippen LogP contribution >= 0.6 is 0 Å². The molecule has 0 heterocycles. The van der Waals surface area contributed by atoms with Crippen LogP contribution in [0.25, 0.3) is 0 Å². The molecule has 0 radical (unpaired) electrons. The Labute approximate surface area is 98.3 Å². The van der Waals surface area contributed by atoms with Crippen LogP contribution in [0.15, 0.2) is 0 Å². The molecule has 1 amide bonds. The predicted molar refractivity (Wildman–Crippen MR) is 65.9 cm³/mol. The number of nitrogens with two attached hydrogens (primary N) is 2. The van der Waals surface area contributed by atoms with Crippen molar-refractivity contribution in [3.63, 3.8) is 0 Å². The molecule has 1 aliphatic rings. The fourth-order valence-corrected chi connectivity index (χ4v) is 2.80. The summed E-state index contributed by atoms with van der Waals surface area (Å²) in [5, 5.41) is 0. The SMILES string of the molecule is CCN(C1CCCCC1)C(CN)CC(N)=O. The van der Waals surface area contributed by atoms with Crippen LogP contribution in [0.3, 0.4) is 0 Å². The van der Waals surface area contributed by atoms with E-state index >= 15 is 0 Å². The summed E-state index contributed by atoms with van der Waals surface area (Å²) in [6.45, 7) is 3.62. The van der Waals surface area contributed by atoms with Crippen LogP contribution in [0.4, 0.5) is 0 Å². The van der Waals surface area contributed by atoms with Crippen LogP contribution < -0.4 is 11.5 Å². The molecular formula is C12H25N3O. The summed E-state index contributed by atoms with van der Waals surface area (Å²) in [7, 11) is 0. The number of carbonyl (C=O) groups is 1. The van der Waals surface area contributed by atoms with E-state index in [4.69, 9.17) is 11.5 Å². The molecule has 1 saturated carbocycles. The van der Waals surface area contributed by atoms with Crippen molar-refractivity contribution < 1.29 is 4.79 Å². The van der Waals surface area contributed by atoms with Crippen molar-refractivity contribution in [1.82, 2.24) is 4.90 Å². The molecule has 0 spiro atoms. The average Bonchev–Trinajstić information content (AvgIpc) is 2.29. The van der Waals surface area contributed by atoms with E-state index in [9.17, 15) is 4.79 Å². The lowest BCUT2D eigenvalue weighted by molar-refractivity contribution is -0.119. The van der Waals surface area contributed by atoms with Gasteiger partial charge in [0.05, 0.1) is 0 Å². The van der Waals surface area contributed by atoms with Gasteiger partial charge in [0.1, 0.15) is 0 Å². The van der Waals surface area contributed by atoms with Crippen molar-refractivity contribution in [1.29, 1.82) is 0 Å². The Balaban J connectivity index is 2.57. The number of carbonyl (C=O) groups excluding carboxylic acids is 1. The van der Waals surface area contributed by atoms with Gasteiger partial charge >= 0.3 is 0 Å². The largest absolute Gasteiger partial charge is 0.370 e. The first kappa shape index (κ1) is 13.5. The van der Waals surface area contributed by atoms with Gasteiger partial charge in [-0.15, -0.1) is 0 Å². The maximum absolute atomic E-state index is 11.0. The topological polar surface area (TPSA) is 72.3 Å². The van der Waals surface area contributed by atoms with E-state index in [1.807, 2.05) is 0 Å². The second-order valence-electron chi connectivity index (χ2n) is 4.68. The molecule has 0 bridgehead atoms. The fourth-order valence-electron chi connectivity index (χ4n) is 2.80. The molecule has 1 rings (SSSR count). The first-order valence-electron chi connectivity index (χ1n) is 6.43. The third-order valence-corrected chi connectivity index (χ3v) is 3.59. The molecule has 0 saturated heterocycles. The molecule has 0 aromatic rings. The van der Waals surface area contributed by atoms with Gasteiger partial charge in [-0.05, 0) is 19.4 Å². The fraction of sp³-hybridized carbons (Fsp3) is 0.917. The Morgan fingerprint density at radius 1 is 1.38 bits per heavy atom. The Morgan fingerprint density at radius 3 is 2.44 bits per heavy atom. The van der Waals surface area contributed by atoms with Crippen molar-refractivity contribution in [2.24, 2.45) is 11.5 Å². The second kappa shape index (κ2) is 6.86. The molecule has 1 aliphatic carbocycles. The lowest BCUT2D eigenvalue weighted by Crippen LogP contribution is -2.49. The van der Waals surface area contributed by atoms with Gasteiger partial charge < -0.3 is 11.5 Å². The third-order valence-electron chi connectivity index (χ3n) is 3.59. The maximum atomic E-state index is 11.0. The Kier molecular flexibility index (Phi) is 5.77. The van der Waals surface area contributed by atoms with Crippen molar-refractivity contribution >= 4 is 5.91 Å². The van der Waals surface area contributed by atoms with Crippen LogP contribution in [0, 0.1) is 0 Å². The van der Waals surface area contributed by atoms with Crippen LogP contribution in [0.5, 0.6) is 0 Å². The third kappa shape index (κ3) is 3.76. The van der Waals surface area contributed by atoms with Gasteiger partial charge in [-0.3, -0.25) is 9.69 Å². The number of primary amides is 1. The Morgan fingerprint density at radius 2 is 2.00 bits per heavy atom. The lowest BCUT2D eigenvalue weighted by atomic mass is 9.92. The van der Waals surface area contributed by atoms with E-state index in [1.165, 1.54) is 32.1 Å². The normalized spacial score (nSPS) is 19.9. The maximum Gasteiger partial charge on any atom is 0.219 e. The first-order chi connectivity index (χ1) is 7.69. The van der Waals surface area contributed by atoms with Gasteiger partial charge in [-0.25, -0.2) is 0 Å². The van der Waals surface area contributed by atoms with E-state index in [2.05, 4.69) is 11.8 Å². The van der Waals surface area contributed by atoms with Crippen LogP contribution in [-0.4, -0.2) is 36.0 Å². The second-order valence-corrected chi connectivity index (χ2v) is 4.68. The van der Waals surface area contributed by atoms with Gasteiger partial charge in [0.25, 0.3) is 0 Å². The molecule has 1 fully saturated rings. The number of nitrogens with zero attached hydrogens (tertiary/aromatic N) is 1. The molecule has 4 heteroatoms. The number of hydrogen-bond donors (Lipinski definition) is 2. The molecule has 1 atom stereocenters. The van der Waals surface area contributed by atoms with E-state index in [-0.39, 0.29) is 11.9 Å². The molecule has 0 aromatic carbocycles. The summed E-state index contributed by atoms with van der Waals surface area (Å²) in [6, 6.07) is 0.734. The molecule has 4 N–H and O–H groups in total. The van der Waals surface area contributed by atoms with Gasteiger partial charge in [0.15, 0.2) is 0 Å². The van der Waals surface area contributed by atoms with Gasteiger partial charge in [0, 0.05) is 25.0 Å². The Bertz CT molecular complexity index is 214. The number of likely N-dealkylation sites (N-methyl/N-ethyl adjacent to an activating group) is 1. The first-order valence-corrected chi connectivity index (χ1v) is 6.43. The Hall–Kier alpha value is -0.610. The summed E-state index contributed by atoms with van der Waals surface area (Å²) < 4.78 is 0. The quantitative estimate of drug-likeness (QED) is 0.706. The summed E-state index contributed by atoms with van der Waals surface area (Å²) in [4.78, 5) is 13.4. The summed E-state index contributed by atoms with van der Waals surface area (Å²) >= 11 is 0. The van der Waals surface area contributed by atoms with Crippen LogP contribution in [0.2, 0.25) is 0 Å². The summed E-state index contributed by atoms with van der Waals surface area (Å²) in [5.41, 5.74) is 11.0. The molecule has 0 aliphatic heterocycles. The highest BCUT2D eigenvalue weighted by Crippen LogP contribution is 2.24. The number of hydrogen-bond acceptors (Lipinski definition) is 3. The van der Waals surface area contributed by atoms with Crippen LogP contribution in [0.1, 0.15) is 45.4 Å². The van der Waals surface area contributed by atoms with Gasteiger partial charge in [-0.2, -0.15) is 0 Å². The van der Waals surface area contributed by atoms with Gasteiger partial charge in [-0.1, -0.05) is 26.2 Å². The zero-order chi connectivity index (χ0) is 12.0. The highest BCUT2D eigenvalue weighted by molar-refractivity contribution is 5.74. The van der Waals surface area contributed by atoms with E-state index in [0.29, 0.717) is 19.0 Å². The number of rotatable bonds is 6. The standard InChI is InChI=1S/C12H25N3O/c1-2-15(10-6-4-3-5-7-10)11(9-13)8-12(14)16/h10-11H,2-9,13H2,1H3,(H2,14,16). The minimum Gasteiger partial charge on any atom is -0.370 e. The monoisotopic (exact) mass is 227 g/mol. The molecule has 1 unspecified atom stereocenters. The van der Waals surface area contributed by atoms with E-state index in [0.717, 1.165) is 6.54 Å². The summed E-state index contributed by atoms with van der Waals surface area (Å²) in [5.74, 6) is -0.246. The predicted octanol–water partition coefficient (Wildman–Crippen LogP) is 0.844. The lowest BCUT2D eigenvalue weighted by Gasteiger charge is -2.38. The smallest absolute Gasteiger partial charge is 0.219 e. The number of amides is 1. The van der Waals surface area contributed by atoms with E-state index < -0.39 is 0 Å². The zero-order valence-electron chi connectivity index (χ0n) is 10.3. The van der Waals surface area contributed by atoms with Crippen molar-refractivity contribution in [2.75, 3.05) is 13.1 Å². The van der Waals surface area contributed by atoms with Gasteiger partial charge in [0.2, 0.25) is 5.91 Å². The minimum atomic E-state index is -0.246.